The van der Waals surface area contributed by atoms with Crippen LogP contribution in [0, 0.1) is 0 Å². The number of methoxy groups -OCH3 is 1. The van der Waals surface area contributed by atoms with Gasteiger partial charge >= 0.3 is 0 Å². The van der Waals surface area contributed by atoms with Crippen LogP contribution < -0.4 is 15.4 Å². The molecule has 0 saturated carbocycles. The molecule has 4 rings (SSSR count). The van der Waals surface area contributed by atoms with Gasteiger partial charge in [-0.1, -0.05) is 12.1 Å². The maximum atomic E-state index is 12.9. The summed E-state index contributed by atoms with van der Waals surface area (Å²) >= 11 is 0. The van der Waals surface area contributed by atoms with Gasteiger partial charge in [-0.3, -0.25) is 14.4 Å². The Morgan fingerprint density at radius 3 is 2.47 bits per heavy atom. The second kappa shape index (κ2) is 7.82. The quantitative estimate of drug-likeness (QED) is 0.636. The summed E-state index contributed by atoms with van der Waals surface area (Å²) in [4.78, 5) is 36.6. The van der Waals surface area contributed by atoms with Crippen molar-refractivity contribution in [1.82, 2.24) is 9.78 Å². The number of nitrogens with one attached hydrogen (secondary N) is 2. The summed E-state index contributed by atoms with van der Waals surface area (Å²) in [5, 5.41) is 9.97. The van der Waals surface area contributed by atoms with Gasteiger partial charge in [0, 0.05) is 16.8 Å². The highest BCUT2D eigenvalue weighted by Gasteiger charge is 2.33. The summed E-state index contributed by atoms with van der Waals surface area (Å²) in [6, 6.07) is 13.2. The number of hydrogen-bond donors (Lipinski definition) is 2. The standard InChI is InChI=1S/C22H20N4O4/c1-13(27)14-3-7-16(8-4-14)24-22(29)19-11-20(28)25-21-18(12-23-26(19)21)15-5-9-17(30-2)10-6-15/h3-10,12,19H,11H2,1-2H3,(H,24,29)(H,25,28)/t19-/m0/s1. The first-order valence-electron chi connectivity index (χ1n) is 9.40. The average molecular weight is 404 g/mol. The number of amides is 2. The van der Waals surface area contributed by atoms with Gasteiger partial charge < -0.3 is 15.4 Å². The molecular formula is C22H20N4O4. The van der Waals surface area contributed by atoms with E-state index in [0.717, 1.165) is 11.3 Å². The Balaban J connectivity index is 1.60. The summed E-state index contributed by atoms with van der Waals surface area (Å²) in [5.74, 6) is 0.528. The molecule has 0 aliphatic carbocycles. The molecule has 3 aromatic rings. The highest BCUT2D eigenvalue weighted by atomic mass is 16.5. The van der Waals surface area contributed by atoms with Crippen molar-refractivity contribution in [1.29, 1.82) is 0 Å². The van der Waals surface area contributed by atoms with Gasteiger partial charge in [-0.25, -0.2) is 4.68 Å². The molecule has 0 bridgehead atoms. The molecule has 8 nitrogen and oxygen atoms in total. The number of hydrogen-bond acceptors (Lipinski definition) is 5. The summed E-state index contributed by atoms with van der Waals surface area (Å²) < 4.78 is 6.71. The van der Waals surface area contributed by atoms with Crippen molar-refractivity contribution < 1.29 is 19.1 Å². The Bertz CT molecular complexity index is 1120. The van der Waals surface area contributed by atoms with E-state index in [0.29, 0.717) is 22.6 Å². The number of fused-ring (bicyclic) bond motifs is 1. The molecule has 0 unspecified atom stereocenters. The molecule has 2 amide bonds. The predicted molar refractivity (Wildman–Crippen MR) is 112 cm³/mol. The average Bonchev–Trinajstić information content (AvgIpc) is 3.17. The fourth-order valence-electron chi connectivity index (χ4n) is 3.37. The molecule has 1 aliphatic rings. The van der Waals surface area contributed by atoms with Crippen LogP contribution in [-0.4, -0.2) is 34.5 Å². The molecule has 152 valence electrons. The number of aromatic nitrogens is 2. The highest BCUT2D eigenvalue weighted by molar-refractivity contribution is 6.03. The fourth-order valence-corrected chi connectivity index (χ4v) is 3.37. The maximum absolute atomic E-state index is 12.9. The first kappa shape index (κ1) is 19.4. The van der Waals surface area contributed by atoms with Gasteiger partial charge in [0.15, 0.2) is 5.78 Å². The zero-order valence-corrected chi connectivity index (χ0v) is 16.5. The molecule has 1 atom stereocenters. The lowest BCUT2D eigenvalue weighted by Crippen LogP contribution is -2.35. The summed E-state index contributed by atoms with van der Waals surface area (Å²) in [6.45, 7) is 1.48. The van der Waals surface area contributed by atoms with E-state index in [-0.39, 0.29) is 24.0 Å². The normalized spacial score (nSPS) is 15.1. The number of carbonyl (C=O) groups is 3. The number of ether oxygens (including phenoxy) is 1. The van der Waals surface area contributed by atoms with E-state index in [1.54, 1.807) is 37.6 Å². The lowest BCUT2D eigenvalue weighted by Gasteiger charge is -2.24. The van der Waals surface area contributed by atoms with E-state index in [2.05, 4.69) is 15.7 Å². The number of Topliss-reactive ketones (excluding diaryl/α,β-unsaturated/α-hetero) is 1. The number of ketones is 1. The van der Waals surface area contributed by atoms with Crippen LogP contribution >= 0.6 is 0 Å². The fraction of sp³-hybridized carbons (Fsp3) is 0.182. The Morgan fingerprint density at radius 1 is 1.13 bits per heavy atom. The molecule has 2 N–H and O–H groups in total. The zero-order chi connectivity index (χ0) is 21.3. The van der Waals surface area contributed by atoms with Crippen LogP contribution in [0.3, 0.4) is 0 Å². The van der Waals surface area contributed by atoms with Crippen molar-refractivity contribution in [3.8, 4) is 16.9 Å². The van der Waals surface area contributed by atoms with E-state index in [9.17, 15) is 14.4 Å². The Kier molecular flexibility index (Phi) is 5.05. The van der Waals surface area contributed by atoms with Crippen LogP contribution in [0.15, 0.2) is 54.7 Å². The first-order chi connectivity index (χ1) is 14.5. The van der Waals surface area contributed by atoms with E-state index in [1.807, 2.05) is 24.3 Å². The monoisotopic (exact) mass is 404 g/mol. The van der Waals surface area contributed by atoms with E-state index >= 15 is 0 Å². The SMILES string of the molecule is COc1ccc(-c2cnn3c2NC(=O)C[C@H]3C(=O)Nc2ccc(C(C)=O)cc2)cc1. The van der Waals surface area contributed by atoms with Crippen molar-refractivity contribution in [3.05, 3.63) is 60.3 Å². The lowest BCUT2D eigenvalue weighted by atomic mass is 10.1. The van der Waals surface area contributed by atoms with Crippen LogP contribution in [0.25, 0.3) is 11.1 Å². The Hall–Kier alpha value is -3.94. The lowest BCUT2D eigenvalue weighted by molar-refractivity contribution is -0.125. The van der Waals surface area contributed by atoms with Crippen molar-refractivity contribution in [2.24, 2.45) is 0 Å². The zero-order valence-electron chi connectivity index (χ0n) is 16.5. The van der Waals surface area contributed by atoms with Gasteiger partial charge in [-0.05, 0) is 48.9 Å². The van der Waals surface area contributed by atoms with Crippen molar-refractivity contribution in [2.75, 3.05) is 17.7 Å². The van der Waals surface area contributed by atoms with Gasteiger partial charge in [0.2, 0.25) is 11.8 Å². The number of nitrogens with zero attached hydrogens (tertiary/aromatic N) is 2. The number of benzene rings is 2. The van der Waals surface area contributed by atoms with Gasteiger partial charge in [-0.15, -0.1) is 0 Å². The van der Waals surface area contributed by atoms with Gasteiger partial charge in [0.25, 0.3) is 0 Å². The van der Waals surface area contributed by atoms with Crippen LogP contribution in [0.2, 0.25) is 0 Å². The van der Waals surface area contributed by atoms with Crippen molar-refractivity contribution >= 4 is 29.1 Å². The second-order valence-corrected chi connectivity index (χ2v) is 6.97. The number of anilines is 2. The predicted octanol–water partition coefficient (Wildman–Crippen LogP) is 3.28. The molecule has 0 radical (unpaired) electrons. The minimum Gasteiger partial charge on any atom is -0.497 e. The van der Waals surface area contributed by atoms with Crippen molar-refractivity contribution in [2.45, 2.75) is 19.4 Å². The van der Waals surface area contributed by atoms with Gasteiger partial charge in [0.1, 0.15) is 17.6 Å². The van der Waals surface area contributed by atoms with E-state index < -0.39 is 6.04 Å². The molecule has 2 heterocycles. The third-order valence-electron chi connectivity index (χ3n) is 4.99. The maximum Gasteiger partial charge on any atom is 0.249 e. The van der Waals surface area contributed by atoms with Gasteiger partial charge in [-0.2, -0.15) is 5.10 Å². The minimum absolute atomic E-state index is 0.0197. The number of rotatable bonds is 5. The van der Waals surface area contributed by atoms with Crippen LogP contribution in [0.4, 0.5) is 11.5 Å². The second-order valence-electron chi connectivity index (χ2n) is 6.97. The molecule has 0 spiro atoms. The summed E-state index contributed by atoms with van der Waals surface area (Å²) in [6.07, 6.45) is 1.61. The number of carbonyl (C=O) groups excluding carboxylic acids is 3. The van der Waals surface area contributed by atoms with Gasteiger partial charge in [0.05, 0.1) is 19.7 Å². The molecule has 2 aromatic carbocycles. The van der Waals surface area contributed by atoms with E-state index in [1.165, 1.54) is 11.6 Å². The summed E-state index contributed by atoms with van der Waals surface area (Å²) in [5.41, 5.74) is 2.66. The van der Waals surface area contributed by atoms with E-state index in [4.69, 9.17) is 4.74 Å². The smallest absolute Gasteiger partial charge is 0.249 e. The molecule has 0 saturated heterocycles. The third kappa shape index (κ3) is 3.67. The Morgan fingerprint density at radius 2 is 1.83 bits per heavy atom. The summed E-state index contributed by atoms with van der Waals surface area (Å²) in [7, 11) is 1.59. The topological polar surface area (TPSA) is 102 Å². The third-order valence-corrected chi connectivity index (χ3v) is 4.99. The highest BCUT2D eigenvalue weighted by Crippen LogP contribution is 2.35. The largest absolute Gasteiger partial charge is 0.497 e. The molecule has 30 heavy (non-hydrogen) atoms. The Labute approximate surface area is 172 Å². The first-order valence-corrected chi connectivity index (χ1v) is 9.40. The van der Waals surface area contributed by atoms with Crippen LogP contribution in [0.5, 0.6) is 5.75 Å². The van der Waals surface area contributed by atoms with Crippen molar-refractivity contribution in [3.63, 3.8) is 0 Å². The molecule has 0 fully saturated rings. The van der Waals surface area contributed by atoms with Crippen LogP contribution in [-0.2, 0) is 9.59 Å². The molecule has 1 aromatic heterocycles. The van der Waals surface area contributed by atoms with Crippen LogP contribution in [0.1, 0.15) is 29.7 Å². The molecular weight excluding hydrogens is 384 g/mol. The minimum atomic E-state index is -0.784. The molecule has 1 aliphatic heterocycles. The molecule has 8 heteroatoms.